The third-order valence-corrected chi connectivity index (χ3v) is 4.63. The first-order valence-corrected chi connectivity index (χ1v) is 8.64. The largest absolute Gasteiger partial charge is 0.325 e. The van der Waals surface area contributed by atoms with Gasteiger partial charge in [0.25, 0.3) is 0 Å². The molecule has 0 atom stereocenters. The summed E-state index contributed by atoms with van der Waals surface area (Å²) in [6.07, 6.45) is 1.64. The van der Waals surface area contributed by atoms with E-state index in [2.05, 4.69) is 15.4 Å². The maximum Gasteiger partial charge on any atom is 0.234 e. The summed E-state index contributed by atoms with van der Waals surface area (Å²) in [6.45, 7) is 1.87. The first kappa shape index (κ1) is 16.5. The molecule has 0 spiro atoms. The van der Waals surface area contributed by atoms with Crippen LogP contribution in [-0.2, 0) is 4.79 Å². The van der Waals surface area contributed by atoms with E-state index in [9.17, 15) is 4.79 Å². The molecule has 0 aliphatic heterocycles. The summed E-state index contributed by atoms with van der Waals surface area (Å²) in [5.74, 6) is 0.103. The molecule has 5 nitrogen and oxygen atoms in total. The Morgan fingerprint density at radius 2 is 2.00 bits per heavy atom. The Bertz CT molecular complexity index is 851. The molecule has 0 aliphatic carbocycles. The minimum Gasteiger partial charge on any atom is -0.325 e. The summed E-state index contributed by atoms with van der Waals surface area (Å²) in [5, 5.41) is 8.39. The van der Waals surface area contributed by atoms with E-state index in [1.54, 1.807) is 23.1 Å². The van der Waals surface area contributed by atoms with Crippen molar-refractivity contribution in [3.8, 4) is 5.69 Å². The Morgan fingerprint density at radius 3 is 2.79 bits per heavy atom. The Balaban J connectivity index is 1.59. The monoisotopic (exact) mass is 358 g/mol. The Morgan fingerprint density at radius 1 is 1.21 bits per heavy atom. The fourth-order valence-electron chi connectivity index (χ4n) is 2.08. The highest BCUT2D eigenvalue weighted by atomic mass is 35.5. The zero-order chi connectivity index (χ0) is 16.9. The number of hydrogen-bond acceptors (Lipinski definition) is 4. The van der Waals surface area contributed by atoms with Crippen LogP contribution in [-0.4, -0.2) is 26.4 Å². The van der Waals surface area contributed by atoms with Gasteiger partial charge in [0.2, 0.25) is 11.1 Å². The number of rotatable bonds is 5. The first-order chi connectivity index (χ1) is 11.6. The molecule has 122 valence electrons. The van der Waals surface area contributed by atoms with Crippen LogP contribution in [0.15, 0.2) is 60.0 Å². The van der Waals surface area contributed by atoms with Gasteiger partial charge in [-0.25, -0.2) is 9.67 Å². The number of carbonyl (C=O) groups excluding carboxylic acids is 1. The molecule has 7 heteroatoms. The Labute approximate surface area is 149 Å². The molecule has 3 aromatic rings. The zero-order valence-corrected chi connectivity index (χ0v) is 14.5. The number of benzene rings is 2. The van der Waals surface area contributed by atoms with Crippen LogP contribution in [0.2, 0.25) is 5.02 Å². The molecular weight excluding hydrogens is 344 g/mol. The fraction of sp³-hybridized carbons (Fsp3) is 0.118. The average Bonchev–Trinajstić information content (AvgIpc) is 3.07. The smallest absolute Gasteiger partial charge is 0.234 e. The van der Waals surface area contributed by atoms with E-state index in [1.807, 2.05) is 43.3 Å². The SMILES string of the molecule is Cc1c(Cl)cccc1NC(=O)CSc1ncn(-c2ccccc2)n1. The van der Waals surface area contributed by atoms with Crippen molar-refractivity contribution in [1.82, 2.24) is 14.8 Å². The van der Waals surface area contributed by atoms with Gasteiger partial charge in [-0.15, -0.1) is 5.10 Å². The van der Waals surface area contributed by atoms with Crippen LogP contribution in [0.4, 0.5) is 5.69 Å². The molecule has 1 N–H and O–H groups in total. The second-order valence-electron chi connectivity index (χ2n) is 5.06. The number of hydrogen-bond donors (Lipinski definition) is 1. The second kappa shape index (κ2) is 7.51. The standard InChI is InChI=1S/C17H15ClN4OS/c1-12-14(18)8-5-9-15(12)20-16(23)10-24-17-19-11-22(21-17)13-6-3-2-4-7-13/h2-9,11H,10H2,1H3,(H,20,23). The second-order valence-corrected chi connectivity index (χ2v) is 6.41. The molecule has 3 rings (SSSR count). The van der Waals surface area contributed by atoms with Gasteiger partial charge < -0.3 is 5.32 Å². The summed E-state index contributed by atoms with van der Waals surface area (Å²) >= 11 is 7.34. The van der Waals surface area contributed by atoms with Gasteiger partial charge in [-0.3, -0.25) is 4.79 Å². The topological polar surface area (TPSA) is 59.8 Å². The quantitative estimate of drug-likeness (QED) is 0.701. The number of nitrogens with one attached hydrogen (secondary N) is 1. The molecule has 0 bridgehead atoms. The van der Waals surface area contributed by atoms with Gasteiger partial charge in [0.1, 0.15) is 6.33 Å². The van der Waals surface area contributed by atoms with E-state index in [0.717, 1.165) is 16.9 Å². The minimum absolute atomic E-state index is 0.124. The predicted molar refractivity (Wildman–Crippen MR) is 96.9 cm³/mol. The molecule has 0 saturated heterocycles. The van der Waals surface area contributed by atoms with Gasteiger partial charge in [-0.2, -0.15) is 0 Å². The van der Waals surface area contributed by atoms with Crippen LogP contribution in [0.5, 0.6) is 0 Å². The highest BCUT2D eigenvalue weighted by Gasteiger charge is 2.10. The van der Waals surface area contributed by atoms with Gasteiger partial charge in [0, 0.05) is 10.7 Å². The van der Waals surface area contributed by atoms with E-state index in [-0.39, 0.29) is 11.7 Å². The zero-order valence-electron chi connectivity index (χ0n) is 12.9. The van der Waals surface area contributed by atoms with E-state index in [1.165, 1.54) is 11.8 Å². The lowest BCUT2D eigenvalue weighted by Crippen LogP contribution is -2.15. The van der Waals surface area contributed by atoms with Crippen LogP contribution < -0.4 is 5.32 Å². The molecule has 0 fully saturated rings. The minimum atomic E-state index is -0.124. The normalized spacial score (nSPS) is 10.6. The Kier molecular flexibility index (Phi) is 5.17. The third kappa shape index (κ3) is 3.96. The number of amides is 1. The summed E-state index contributed by atoms with van der Waals surface area (Å²) < 4.78 is 1.68. The summed E-state index contributed by atoms with van der Waals surface area (Å²) in [5.41, 5.74) is 2.50. The molecule has 1 heterocycles. The molecular formula is C17H15ClN4OS. The van der Waals surface area contributed by atoms with Gasteiger partial charge in [0.15, 0.2) is 0 Å². The van der Waals surface area contributed by atoms with Crippen molar-refractivity contribution >= 4 is 35.0 Å². The average molecular weight is 359 g/mol. The molecule has 0 aliphatic rings. The predicted octanol–water partition coefficient (Wildman–Crippen LogP) is 3.96. The number of carbonyl (C=O) groups is 1. The number of thioether (sulfide) groups is 1. The molecule has 0 radical (unpaired) electrons. The van der Waals surface area contributed by atoms with Gasteiger partial charge in [0.05, 0.1) is 11.4 Å². The van der Waals surface area contributed by atoms with Crippen molar-refractivity contribution < 1.29 is 4.79 Å². The van der Waals surface area contributed by atoms with E-state index in [0.29, 0.717) is 10.2 Å². The summed E-state index contributed by atoms with van der Waals surface area (Å²) in [4.78, 5) is 16.3. The molecule has 1 amide bonds. The van der Waals surface area contributed by atoms with Gasteiger partial charge >= 0.3 is 0 Å². The number of halogens is 1. The van der Waals surface area contributed by atoms with Crippen LogP contribution in [0.1, 0.15) is 5.56 Å². The molecule has 0 unspecified atom stereocenters. The van der Waals surface area contributed by atoms with Crippen LogP contribution in [0.25, 0.3) is 5.69 Å². The van der Waals surface area contributed by atoms with E-state index >= 15 is 0 Å². The van der Waals surface area contributed by atoms with Gasteiger partial charge in [-0.05, 0) is 36.8 Å². The number of anilines is 1. The third-order valence-electron chi connectivity index (χ3n) is 3.37. The lowest BCUT2D eigenvalue weighted by Gasteiger charge is -2.08. The highest BCUT2D eigenvalue weighted by Crippen LogP contribution is 2.23. The number of aromatic nitrogens is 3. The van der Waals surface area contributed by atoms with Crippen molar-refractivity contribution in [2.45, 2.75) is 12.1 Å². The van der Waals surface area contributed by atoms with Crippen molar-refractivity contribution in [2.75, 3.05) is 11.1 Å². The molecule has 0 saturated carbocycles. The summed E-state index contributed by atoms with van der Waals surface area (Å²) in [7, 11) is 0. The number of para-hydroxylation sites is 1. The van der Waals surface area contributed by atoms with Gasteiger partial charge in [-0.1, -0.05) is 47.6 Å². The van der Waals surface area contributed by atoms with Crippen LogP contribution >= 0.6 is 23.4 Å². The number of nitrogens with zero attached hydrogens (tertiary/aromatic N) is 3. The maximum absolute atomic E-state index is 12.1. The lowest BCUT2D eigenvalue weighted by atomic mass is 10.2. The molecule has 24 heavy (non-hydrogen) atoms. The maximum atomic E-state index is 12.1. The van der Waals surface area contributed by atoms with Crippen LogP contribution in [0.3, 0.4) is 0 Å². The summed E-state index contributed by atoms with van der Waals surface area (Å²) in [6, 6.07) is 15.1. The van der Waals surface area contributed by atoms with Crippen molar-refractivity contribution in [2.24, 2.45) is 0 Å². The lowest BCUT2D eigenvalue weighted by molar-refractivity contribution is -0.113. The molecule has 1 aromatic heterocycles. The van der Waals surface area contributed by atoms with Crippen molar-refractivity contribution in [3.63, 3.8) is 0 Å². The first-order valence-electron chi connectivity index (χ1n) is 7.28. The fourth-order valence-corrected chi connectivity index (χ4v) is 2.85. The van der Waals surface area contributed by atoms with E-state index < -0.39 is 0 Å². The Hall–Kier alpha value is -2.31. The van der Waals surface area contributed by atoms with E-state index in [4.69, 9.17) is 11.6 Å². The van der Waals surface area contributed by atoms with Crippen LogP contribution in [0, 0.1) is 6.92 Å². The highest BCUT2D eigenvalue weighted by molar-refractivity contribution is 7.99. The van der Waals surface area contributed by atoms with Crippen molar-refractivity contribution in [1.29, 1.82) is 0 Å². The molecule has 2 aromatic carbocycles. The van der Waals surface area contributed by atoms with Crippen molar-refractivity contribution in [3.05, 3.63) is 65.4 Å².